The van der Waals surface area contributed by atoms with Crippen LogP contribution in [0.4, 0.5) is 4.79 Å². The third-order valence-electron chi connectivity index (χ3n) is 2.22. The lowest BCUT2D eigenvalue weighted by molar-refractivity contribution is -0.146. The van der Waals surface area contributed by atoms with Crippen LogP contribution in [0.1, 0.15) is 6.42 Å². The fourth-order valence-corrected chi connectivity index (χ4v) is 1.29. The van der Waals surface area contributed by atoms with Crippen molar-refractivity contribution >= 4 is 23.9 Å². The van der Waals surface area contributed by atoms with Crippen molar-refractivity contribution in [2.75, 3.05) is 26.8 Å². The van der Waals surface area contributed by atoms with Crippen LogP contribution in [0.25, 0.3) is 0 Å². The topological polar surface area (TPSA) is 102 Å². The van der Waals surface area contributed by atoms with Crippen LogP contribution >= 0.6 is 0 Å². The summed E-state index contributed by atoms with van der Waals surface area (Å²) in [6.07, 6.45) is 1.57. The molecule has 0 fully saturated rings. The number of hydrogen-bond acceptors (Lipinski definition) is 6. The van der Waals surface area contributed by atoms with Crippen molar-refractivity contribution < 1.29 is 28.7 Å². The summed E-state index contributed by atoms with van der Waals surface area (Å²) in [4.78, 5) is 45.2. The number of alkyl carbamates (subject to hydrolysis) is 1. The lowest BCUT2D eigenvalue weighted by atomic mass is 10.4. The molecule has 0 bridgehead atoms. The van der Waals surface area contributed by atoms with Gasteiger partial charge in [-0.15, -0.1) is 0 Å². The molecular weight excluding hydrogens is 256 g/mol. The van der Waals surface area contributed by atoms with E-state index in [2.05, 4.69) is 10.1 Å². The van der Waals surface area contributed by atoms with E-state index in [1.807, 2.05) is 0 Å². The van der Waals surface area contributed by atoms with Crippen molar-refractivity contribution in [1.29, 1.82) is 0 Å². The predicted molar refractivity (Wildman–Crippen MR) is 61.8 cm³/mol. The first-order valence-electron chi connectivity index (χ1n) is 5.58. The fourth-order valence-electron chi connectivity index (χ4n) is 1.29. The number of nitrogens with one attached hydrogen (secondary N) is 1. The number of rotatable bonds is 6. The molecule has 1 aliphatic heterocycles. The molecule has 1 aliphatic rings. The normalized spacial score (nSPS) is 13.6. The minimum Gasteiger partial charge on any atom is -0.462 e. The number of ether oxygens (including phenoxy) is 2. The van der Waals surface area contributed by atoms with E-state index in [-0.39, 0.29) is 26.2 Å². The van der Waals surface area contributed by atoms with Gasteiger partial charge in [0.25, 0.3) is 11.8 Å². The molecule has 104 valence electrons. The molecule has 0 radical (unpaired) electrons. The fraction of sp³-hybridized carbons (Fsp3) is 0.455. The van der Waals surface area contributed by atoms with Gasteiger partial charge in [0, 0.05) is 25.7 Å². The van der Waals surface area contributed by atoms with Gasteiger partial charge in [-0.3, -0.25) is 19.3 Å². The van der Waals surface area contributed by atoms with Crippen molar-refractivity contribution in [1.82, 2.24) is 10.2 Å². The molecule has 1 N–H and O–H groups in total. The van der Waals surface area contributed by atoms with E-state index in [9.17, 15) is 19.2 Å². The SMILES string of the molecule is CNC(=O)OCCOC(=O)CCN1C(=O)C=CC1=O. The van der Waals surface area contributed by atoms with E-state index in [0.717, 1.165) is 17.1 Å². The molecule has 8 nitrogen and oxygen atoms in total. The smallest absolute Gasteiger partial charge is 0.406 e. The summed E-state index contributed by atoms with van der Waals surface area (Å²) in [5.41, 5.74) is 0. The van der Waals surface area contributed by atoms with E-state index in [4.69, 9.17) is 4.74 Å². The molecule has 0 aromatic rings. The first kappa shape index (κ1) is 14.7. The molecule has 0 saturated carbocycles. The Morgan fingerprint density at radius 3 is 2.32 bits per heavy atom. The highest BCUT2D eigenvalue weighted by Gasteiger charge is 2.23. The van der Waals surface area contributed by atoms with Crippen LogP contribution < -0.4 is 5.32 Å². The van der Waals surface area contributed by atoms with E-state index in [1.165, 1.54) is 7.05 Å². The molecule has 0 saturated heterocycles. The monoisotopic (exact) mass is 270 g/mol. The molecule has 1 heterocycles. The maximum absolute atomic E-state index is 11.3. The highest BCUT2D eigenvalue weighted by atomic mass is 16.6. The summed E-state index contributed by atoms with van der Waals surface area (Å²) in [6, 6.07) is 0. The standard InChI is InChI=1S/C11H14N2O6/c1-12-11(17)19-7-6-18-10(16)4-5-13-8(14)2-3-9(13)15/h2-3H,4-7H2,1H3,(H,12,17). The van der Waals surface area contributed by atoms with Crippen LogP contribution in [0, 0.1) is 0 Å². The van der Waals surface area contributed by atoms with Crippen LogP contribution in [0.3, 0.4) is 0 Å². The van der Waals surface area contributed by atoms with Crippen LogP contribution in [-0.2, 0) is 23.9 Å². The Morgan fingerprint density at radius 2 is 1.74 bits per heavy atom. The number of imide groups is 1. The maximum atomic E-state index is 11.3. The van der Waals surface area contributed by atoms with Gasteiger partial charge in [0.2, 0.25) is 0 Å². The van der Waals surface area contributed by atoms with Crippen molar-refractivity contribution in [2.45, 2.75) is 6.42 Å². The van der Waals surface area contributed by atoms with Crippen LogP contribution in [0.2, 0.25) is 0 Å². The van der Waals surface area contributed by atoms with Crippen molar-refractivity contribution in [3.8, 4) is 0 Å². The Kier molecular flexibility index (Phi) is 5.52. The molecule has 0 aliphatic carbocycles. The number of carbonyl (C=O) groups is 4. The first-order valence-corrected chi connectivity index (χ1v) is 5.58. The predicted octanol–water partition coefficient (Wildman–Crippen LogP) is -0.799. The lowest BCUT2D eigenvalue weighted by Gasteiger charge is -2.12. The van der Waals surface area contributed by atoms with E-state index < -0.39 is 23.9 Å². The zero-order chi connectivity index (χ0) is 14.3. The third-order valence-corrected chi connectivity index (χ3v) is 2.22. The number of nitrogens with zero attached hydrogens (tertiary/aromatic N) is 1. The van der Waals surface area contributed by atoms with Gasteiger partial charge in [-0.05, 0) is 0 Å². The highest BCUT2D eigenvalue weighted by Crippen LogP contribution is 2.04. The summed E-state index contributed by atoms with van der Waals surface area (Å²) in [5, 5.41) is 2.23. The van der Waals surface area contributed by atoms with Gasteiger partial charge < -0.3 is 14.8 Å². The highest BCUT2D eigenvalue weighted by molar-refractivity contribution is 6.12. The average molecular weight is 270 g/mol. The summed E-state index contributed by atoms with van der Waals surface area (Å²) in [5.74, 6) is -1.46. The molecule has 1 rings (SSSR count). The second kappa shape index (κ2) is 7.14. The van der Waals surface area contributed by atoms with E-state index in [0.29, 0.717) is 0 Å². The Bertz CT molecular complexity index is 399. The molecule has 0 unspecified atom stereocenters. The van der Waals surface area contributed by atoms with E-state index >= 15 is 0 Å². The molecule has 0 aromatic heterocycles. The van der Waals surface area contributed by atoms with Crippen LogP contribution in [-0.4, -0.2) is 55.6 Å². The Hall–Kier alpha value is -2.38. The van der Waals surface area contributed by atoms with Gasteiger partial charge >= 0.3 is 12.1 Å². The van der Waals surface area contributed by atoms with Gasteiger partial charge in [-0.1, -0.05) is 0 Å². The number of hydrogen-bond donors (Lipinski definition) is 1. The molecular formula is C11H14N2O6. The first-order chi connectivity index (χ1) is 9.04. The lowest BCUT2D eigenvalue weighted by Crippen LogP contribution is -2.32. The molecule has 8 heteroatoms. The summed E-state index contributed by atoms with van der Waals surface area (Å²) in [7, 11) is 1.41. The molecule has 19 heavy (non-hydrogen) atoms. The minimum absolute atomic E-state index is 0.0280. The van der Waals surface area contributed by atoms with Gasteiger partial charge in [0.05, 0.1) is 6.42 Å². The summed E-state index contributed by atoms with van der Waals surface area (Å²) < 4.78 is 9.35. The number of esters is 1. The summed E-state index contributed by atoms with van der Waals surface area (Å²) in [6.45, 7) is -0.166. The number of amides is 3. The van der Waals surface area contributed by atoms with Crippen molar-refractivity contribution in [3.05, 3.63) is 12.2 Å². The van der Waals surface area contributed by atoms with Gasteiger partial charge in [-0.25, -0.2) is 4.79 Å². The second-order valence-corrected chi connectivity index (χ2v) is 3.52. The Morgan fingerprint density at radius 1 is 1.16 bits per heavy atom. The zero-order valence-corrected chi connectivity index (χ0v) is 10.4. The zero-order valence-electron chi connectivity index (χ0n) is 10.4. The Labute approximate surface area is 109 Å². The van der Waals surface area contributed by atoms with Crippen LogP contribution in [0.15, 0.2) is 12.2 Å². The van der Waals surface area contributed by atoms with Gasteiger partial charge in [-0.2, -0.15) is 0 Å². The maximum Gasteiger partial charge on any atom is 0.406 e. The second-order valence-electron chi connectivity index (χ2n) is 3.52. The summed E-state index contributed by atoms with van der Waals surface area (Å²) >= 11 is 0. The minimum atomic E-state index is -0.615. The molecule has 0 aromatic carbocycles. The largest absolute Gasteiger partial charge is 0.462 e. The number of carbonyl (C=O) groups excluding carboxylic acids is 4. The molecule has 0 atom stereocenters. The quantitative estimate of drug-likeness (QED) is 0.385. The molecule has 0 spiro atoms. The third kappa shape index (κ3) is 4.78. The average Bonchev–Trinajstić information content (AvgIpc) is 2.71. The van der Waals surface area contributed by atoms with Crippen molar-refractivity contribution in [2.24, 2.45) is 0 Å². The molecule has 3 amide bonds. The van der Waals surface area contributed by atoms with Gasteiger partial charge in [0.15, 0.2) is 0 Å². The van der Waals surface area contributed by atoms with Crippen molar-refractivity contribution in [3.63, 3.8) is 0 Å². The van der Waals surface area contributed by atoms with Gasteiger partial charge in [0.1, 0.15) is 13.2 Å². The van der Waals surface area contributed by atoms with Crippen LogP contribution in [0.5, 0.6) is 0 Å². The van der Waals surface area contributed by atoms with E-state index in [1.54, 1.807) is 0 Å². The Balaban J connectivity index is 2.13.